The molecule has 4 N–H and O–H groups in total. The van der Waals surface area contributed by atoms with E-state index in [9.17, 15) is 9.18 Å². The summed E-state index contributed by atoms with van der Waals surface area (Å²) < 4.78 is 13.7. The first-order valence-corrected chi connectivity index (χ1v) is 8.68. The average molecular weight is 369 g/mol. The van der Waals surface area contributed by atoms with Crippen molar-refractivity contribution in [3.8, 4) is 0 Å². The Labute approximate surface area is 155 Å². The molecule has 3 heterocycles. The van der Waals surface area contributed by atoms with Gasteiger partial charge in [-0.2, -0.15) is 0 Å². The molecule has 0 radical (unpaired) electrons. The highest BCUT2D eigenvalue weighted by Gasteiger charge is 2.22. The molecule has 0 aliphatic carbocycles. The zero-order chi connectivity index (χ0) is 19.0. The van der Waals surface area contributed by atoms with Gasteiger partial charge in [0.05, 0.1) is 23.0 Å². The van der Waals surface area contributed by atoms with E-state index < -0.39 is 11.7 Å². The van der Waals surface area contributed by atoms with Gasteiger partial charge in [-0.25, -0.2) is 14.4 Å². The summed E-state index contributed by atoms with van der Waals surface area (Å²) in [5.41, 5.74) is 7.26. The lowest BCUT2D eigenvalue weighted by Gasteiger charge is -2.35. The molecule has 9 heteroatoms. The van der Waals surface area contributed by atoms with Crippen LogP contribution in [0.25, 0.3) is 11.0 Å². The van der Waals surface area contributed by atoms with Crippen molar-refractivity contribution in [2.75, 3.05) is 48.3 Å². The quantitative estimate of drug-likeness (QED) is 0.645. The molecule has 1 fully saturated rings. The molecule has 0 atom stereocenters. The summed E-state index contributed by atoms with van der Waals surface area (Å²) in [4.78, 5) is 27.9. The van der Waals surface area contributed by atoms with Crippen LogP contribution in [0.1, 0.15) is 10.4 Å². The van der Waals surface area contributed by atoms with Gasteiger partial charge in [-0.3, -0.25) is 4.79 Å². The van der Waals surface area contributed by atoms with Gasteiger partial charge in [0.15, 0.2) is 0 Å². The van der Waals surface area contributed by atoms with Crippen LogP contribution in [-0.4, -0.2) is 54.1 Å². The van der Waals surface area contributed by atoms with Crippen molar-refractivity contribution < 1.29 is 9.18 Å². The maximum Gasteiger partial charge on any atom is 0.251 e. The molecule has 1 saturated heterocycles. The van der Waals surface area contributed by atoms with Crippen molar-refractivity contribution in [2.45, 2.75) is 0 Å². The lowest BCUT2D eigenvalue weighted by Crippen LogP contribution is -2.47. The number of carbonyl (C=O) groups excluding carboxylic acids is 1. The second-order valence-corrected chi connectivity index (χ2v) is 6.40. The van der Waals surface area contributed by atoms with Gasteiger partial charge >= 0.3 is 0 Å². The second-order valence-electron chi connectivity index (χ2n) is 6.40. The van der Waals surface area contributed by atoms with Crippen LogP contribution in [0, 0.1) is 5.82 Å². The van der Waals surface area contributed by atoms with E-state index in [4.69, 9.17) is 5.73 Å². The Morgan fingerprint density at radius 1 is 1.22 bits per heavy atom. The Morgan fingerprint density at radius 2 is 1.96 bits per heavy atom. The number of hydrogen-bond acceptors (Lipinski definition) is 6. The number of nitrogens with one attached hydrogen (secondary N) is 2. The number of primary amides is 1. The van der Waals surface area contributed by atoms with Gasteiger partial charge < -0.3 is 25.8 Å². The van der Waals surface area contributed by atoms with Crippen LogP contribution in [0.2, 0.25) is 0 Å². The standard InChI is InChI=1S/C18H20FN7O/c1-21-12-2-3-15(22-10-12)25-4-6-26(7-5-25)18-23-14-9-11(19)8-13(17(20)27)16(14)24-18/h2-3,8-10,21H,4-7H2,1H3,(H2,20,27)(H,23,24). The number of aromatic amines is 1. The smallest absolute Gasteiger partial charge is 0.251 e. The summed E-state index contributed by atoms with van der Waals surface area (Å²) in [6, 6.07) is 6.42. The van der Waals surface area contributed by atoms with Gasteiger partial charge in [-0.05, 0) is 24.3 Å². The highest BCUT2D eigenvalue weighted by Crippen LogP contribution is 2.24. The third-order valence-corrected chi connectivity index (χ3v) is 4.74. The van der Waals surface area contributed by atoms with Crippen LogP contribution in [0.3, 0.4) is 0 Å². The van der Waals surface area contributed by atoms with Crippen LogP contribution in [0.4, 0.5) is 21.8 Å². The van der Waals surface area contributed by atoms with Gasteiger partial charge in [0.1, 0.15) is 17.2 Å². The lowest BCUT2D eigenvalue weighted by molar-refractivity contribution is 0.100. The number of nitrogens with zero attached hydrogens (tertiary/aromatic N) is 4. The van der Waals surface area contributed by atoms with E-state index in [0.29, 0.717) is 17.0 Å². The van der Waals surface area contributed by atoms with E-state index in [1.165, 1.54) is 6.07 Å². The number of H-pyrrole nitrogens is 1. The van der Waals surface area contributed by atoms with E-state index in [1.54, 1.807) is 6.20 Å². The summed E-state index contributed by atoms with van der Waals surface area (Å²) >= 11 is 0. The number of hydrogen-bond donors (Lipinski definition) is 3. The largest absolute Gasteiger partial charge is 0.387 e. The van der Waals surface area contributed by atoms with Crippen LogP contribution in [0.5, 0.6) is 0 Å². The Bertz CT molecular complexity index is 977. The van der Waals surface area contributed by atoms with Crippen molar-refractivity contribution in [1.82, 2.24) is 15.0 Å². The first kappa shape index (κ1) is 17.1. The average Bonchev–Trinajstić information content (AvgIpc) is 3.11. The number of pyridine rings is 1. The fourth-order valence-electron chi connectivity index (χ4n) is 3.28. The van der Waals surface area contributed by atoms with Crippen molar-refractivity contribution in [3.05, 3.63) is 41.8 Å². The molecule has 140 valence electrons. The fourth-order valence-corrected chi connectivity index (χ4v) is 3.28. The SMILES string of the molecule is CNc1ccc(N2CCN(c3nc4c(C(N)=O)cc(F)cc4[nH]3)CC2)nc1. The van der Waals surface area contributed by atoms with Gasteiger partial charge in [0.2, 0.25) is 5.95 Å². The predicted molar refractivity (Wildman–Crippen MR) is 103 cm³/mol. The van der Waals surface area contributed by atoms with E-state index in [1.807, 2.05) is 19.2 Å². The number of nitrogens with two attached hydrogens (primary N) is 1. The molecule has 1 aromatic carbocycles. The van der Waals surface area contributed by atoms with Gasteiger partial charge in [-0.1, -0.05) is 0 Å². The number of carbonyl (C=O) groups is 1. The zero-order valence-electron chi connectivity index (χ0n) is 14.9. The first-order chi connectivity index (χ1) is 13.0. The van der Waals surface area contributed by atoms with Crippen LogP contribution >= 0.6 is 0 Å². The predicted octanol–water partition coefficient (Wildman–Crippen LogP) is 1.56. The molecule has 1 aliphatic rings. The number of rotatable bonds is 4. The highest BCUT2D eigenvalue weighted by molar-refractivity contribution is 6.04. The van der Waals surface area contributed by atoms with Gasteiger partial charge in [0, 0.05) is 33.2 Å². The number of aromatic nitrogens is 3. The molecule has 4 rings (SSSR count). The molecule has 1 aliphatic heterocycles. The molecule has 8 nitrogen and oxygen atoms in total. The van der Waals surface area contributed by atoms with Crippen LogP contribution < -0.4 is 20.9 Å². The fraction of sp³-hybridized carbons (Fsp3) is 0.278. The number of piperazine rings is 1. The molecule has 0 unspecified atom stereocenters. The number of amides is 1. The Kier molecular flexibility index (Phi) is 4.27. The minimum absolute atomic E-state index is 0.0833. The Morgan fingerprint density at radius 3 is 2.59 bits per heavy atom. The topological polar surface area (TPSA) is 103 Å². The molecule has 2 aromatic heterocycles. The number of fused-ring (bicyclic) bond motifs is 1. The second kappa shape index (κ2) is 6.75. The normalized spacial score (nSPS) is 14.6. The summed E-state index contributed by atoms with van der Waals surface area (Å²) in [6.07, 6.45) is 1.81. The van der Waals surface area contributed by atoms with Crippen molar-refractivity contribution in [1.29, 1.82) is 0 Å². The van der Waals surface area contributed by atoms with Gasteiger partial charge in [-0.15, -0.1) is 0 Å². The number of anilines is 3. The first-order valence-electron chi connectivity index (χ1n) is 8.68. The third kappa shape index (κ3) is 3.23. The number of benzene rings is 1. The van der Waals surface area contributed by atoms with E-state index in [-0.39, 0.29) is 5.56 Å². The van der Waals surface area contributed by atoms with E-state index in [2.05, 4.69) is 30.1 Å². The molecule has 0 bridgehead atoms. The van der Waals surface area contributed by atoms with Crippen molar-refractivity contribution >= 4 is 34.4 Å². The maximum atomic E-state index is 13.7. The monoisotopic (exact) mass is 369 g/mol. The molecule has 3 aromatic rings. The Balaban J connectivity index is 1.52. The Hall–Kier alpha value is -3.36. The minimum atomic E-state index is -0.696. The number of halogens is 1. The lowest BCUT2D eigenvalue weighted by atomic mass is 10.1. The molecular weight excluding hydrogens is 349 g/mol. The van der Waals surface area contributed by atoms with Crippen LogP contribution in [-0.2, 0) is 0 Å². The third-order valence-electron chi connectivity index (χ3n) is 4.74. The molecule has 1 amide bonds. The molecule has 0 spiro atoms. The minimum Gasteiger partial charge on any atom is -0.387 e. The summed E-state index contributed by atoms with van der Waals surface area (Å²) in [5, 5.41) is 3.05. The van der Waals surface area contributed by atoms with E-state index in [0.717, 1.165) is 43.8 Å². The molecular formula is C18H20FN7O. The summed E-state index contributed by atoms with van der Waals surface area (Å²) in [5.74, 6) is 0.318. The van der Waals surface area contributed by atoms with Gasteiger partial charge in [0.25, 0.3) is 5.91 Å². The summed E-state index contributed by atoms with van der Waals surface area (Å²) in [6.45, 7) is 3.01. The van der Waals surface area contributed by atoms with Crippen molar-refractivity contribution in [3.63, 3.8) is 0 Å². The maximum absolute atomic E-state index is 13.7. The van der Waals surface area contributed by atoms with E-state index >= 15 is 0 Å². The molecule has 27 heavy (non-hydrogen) atoms. The highest BCUT2D eigenvalue weighted by atomic mass is 19.1. The number of imidazole rings is 1. The molecule has 0 saturated carbocycles. The van der Waals surface area contributed by atoms with Crippen molar-refractivity contribution in [2.24, 2.45) is 5.73 Å². The van der Waals surface area contributed by atoms with Crippen LogP contribution in [0.15, 0.2) is 30.5 Å². The zero-order valence-corrected chi connectivity index (χ0v) is 14.9. The summed E-state index contributed by atoms with van der Waals surface area (Å²) in [7, 11) is 1.86.